The monoisotopic (exact) mass is 455 g/mol. The first-order chi connectivity index (χ1) is 15.0. The maximum Gasteiger partial charge on any atom is 0.233 e. The molecule has 3 aromatic rings. The quantitative estimate of drug-likeness (QED) is 0.452. The number of carbonyl (C=O) groups is 1. The summed E-state index contributed by atoms with van der Waals surface area (Å²) in [4.78, 5) is 21.4. The Kier molecular flexibility index (Phi) is 5.25. The number of aliphatic hydroxyl groups excluding tert-OH is 1. The highest BCUT2D eigenvalue weighted by atomic mass is 32.2. The van der Waals surface area contributed by atoms with Crippen LogP contribution in [0.5, 0.6) is 0 Å². The summed E-state index contributed by atoms with van der Waals surface area (Å²) >= 11 is 1.49. The van der Waals surface area contributed by atoms with Crippen molar-refractivity contribution in [2.45, 2.75) is 10.8 Å². The highest BCUT2D eigenvalue weighted by Crippen LogP contribution is 2.36. The zero-order valence-corrected chi connectivity index (χ0v) is 18.3. The molecule has 1 aromatic heterocycles. The number of aromatic nitrogens is 1. The average Bonchev–Trinajstić information content (AvgIpc) is 3.48. The summed E-state index contributed by atoms with van der Waals surface area (Å²) in [6, 6.07) is 12.9. The molecule has 0 aliphatic carbocycles. The lowest BCUT2D eigenvalue weighted by molar-refractivity contribution is -0.132. The van der Waals surface area contributed by atoms with Gasteiger partial charge in [0.1, 0.15) is 0 Å². The molecule has 0 fully saturated rings. The Morgan fingerprint density at radius 2 is 1.81 bits per heavy atom. The molecule has 1 amide bonds. The first-order valence-corrected chi connectivity index (χ1v) is 12.0. The Morgan fingerprint density at radius 1 is 1.10 bits per heavy atom. The summed E-state index contributed by atoms with van der Waals surface area (Å²) < 4.78 is 24.7. The first-order valence-electron chi connectivity index (χ1n) is 9.96. The maximum atomic E-state index is 13.1. The summed E-state index contributed by atoms with van der Waals surface area (Å²) in [5.41, 5.74) is 6.20. The van der Waals surface area contributed by atoms with E-state index < -0.39 is 16.6 Å². The fourth-order valence-electron chi connectivity index (χ4n) is 4.42. The van der Waals surface area contributed by atoms with Gasteiger partial charge in [0.2, 0.25) is 5.91 Å². The minimum Gasteiger partial charge on any atom is -0.395 e. The van der Waals surface area contributed by atoms with Crippen LogP contribution in [-0.4, -0.2) is 62.1 Å². The molecule has 2 aliphatic rings. The third-order valence-electron chi connectivity index (χ3n) is 5.99. The van der Waals surface area contributed by atoms with E-state index in [0.717, 1.165) is 21.4 Å². The Balaban J connectivity index is 1.33. The number of hydrogen-bond acceptors (Lipinski definition) is 7. The lowest BCUT2D eigenvalue weighted by Crippen LogP contribution is -2.38. The van der Waals surface area contributed by atoms with Gasteiger partial charge in [-0.3, -0.25) is 4.79 Å². The van der Waals surface area contributed by atoms with Gasteiger partial charge in [-0.15, -0.1) is 11.3 Å². The van der Waals surface area contributed by atoms with Gasteiger partial charge in [-0.25, -0.2) is 13.4 Å². The van der Waals surface area contributed by atoms with Crippen molar-refractivity contribution in [2.24, 2.45) is 0 Å². The SMILES string of the molecule is O=C(C(CO)c1ccccc1)N1CC2=C(C1)CN(c1cc3scnc3cc1[SH](=O)=O)C2. The maximum absolute atomic E-state index is 13.1. The molecule has 0 saturated carbocycles. The van der Waals surface area contributed by atoms with Gasteiger partial charge in [0, 0.05) is 26.2 Å². The standard InChI is InChI=1S/C22H21N3O4S2/c26-12-17(14-4-2-1-3-5-14)22(27)25-10-15-8-24(9-16(15)11-25)19-7-20-18(23-13-30-20)6-21(19)31(28)29/h1-7,13,17,26,31H,8-12H2. The highest BCUT2D eigenvalue weighted by Gasteiger charge is 2.35. The Morgan fingerprint density at radius 3 is 2.45 bits per heavy atom. The number of nitrogens with zero attached hydrogens (tertiary/aromatic N) is 3. The molecular weight excluding hydrogens is 434 g/mol. The van der Waals surface area contributed by atoms with Crippen molar-refractivity contribution in [2.75, 3.05) is 37.7 Å². The Bertz CT molecular complexity index is 1240. The summed E-state index contributed by atoms with van der Waals surface area (Å²) in [5, 5.41) is 9.82. The number of carbonyl (C=O) groups excluding carboxylic acids is 1. The zero-order chi connectivity index (χ0) is 21.5. The summed E-state index contributed by atoms with van der Waals surface area (Å²) in [6.45, 7) is 1.97. The molecule has 2 aromatic carbocycles. The second-order valence-corrected chi connectivity index (χ2v) is 9.70. The molecule has 7 nitrogen and oxygen atoms in total. The number of thiazole rings is 1. The van der Waals surface area contributed by atoms with Gasteiger partial charge >= 0.3 is 0 Å². The molecular formula is C22H21N3O4S2. The van der Waals surface area contributed by atoms with Gasteiger partial charge in [0.25, 0.3) is 0 Å². The third-order valence-corrected chi connectivity index (χ3v) is 7.53. The van der Waals surface area contributed by atoms with Gasteiger partial charge in [-0.1, -0.05) is 30.3 Å². The number of benzene rings is 2. The van der Waals surface area contributed by atoms with E-state index >= 15 is 0 Å². The van der Waals surface area contributed by atoms with E-state index in [9.17, 15) is 18.3 Å². The Hall–Kier alpha value is -2.75. The number of rotatable bonds is 5. The van der Waals surface area contributed by atoms with Crippen LogP contribution in [0.1, 0.15) is 11.5 Å². The van der Waals surface area contributed by atoms with Gasteiger partial charge < -0.3 is 14.9 Å². The largest absolute Gasteiger partial charge is 0.395 e. The van der Waals surface area contributed by atoms with Crippen molar-refractivity contribution in [1.29, 1.82) is 0 Å². The second-order valence-electron chi connectivity index (χ2n) is 7.82. The summed E-state index contributed by atoms with van der Waals surface area (Å²) in [7, 11) is -2.75. The van der Waals surface area contributed by atoms with Gasteiger partial charge in [-0.2, -0.15) is 0 Å². The predicted molar refractivity (Wildman–Crippen MR) is 120 cm³/mol. The van der Waals surface area contributed by atoms with Crippen molar-refractivity contribution < 1.29 is 18.3 Å². The molecule has 1 unspecified atom stereocenters. The molecule has 0 spiro atoms. The molecule has 160 valence electrons. The second kappa shape index (κ2) is 8.07. The van der Waals surface area contributed by atoms with Crippen LogP contribution in [0.25, 0.3) is 10.2 Å². The lowest BCUT2D eigenvalue weighted by Gasteiger charge is -2.27. The zero-order valence-electron chi connectivity index (χ0n) is 16.6. The number of anilines is 1. The molecule has 5 rings (SSSR count). The third kappa shape index (κ3) is 3.62. The van der Waals surface area contributed by atoms with Crippen molar-refractivity contribution in [3.63, 3.8) is 0 Å². The van der Waals surface area contributed by atoms with Crippen molar-refractivity contribution in [3.8, 4) is 0 Å². The van der Waals surface area contributed by atoms with Crippen LogP contribution in [0.2, 0.25) is 0 Å². The van der Waals surface area contributed by atoms with Crippen LogP contribution >= 0.6 is 11.3 Å². The Labute approximate surface area is 185 Å². The number of hydrogen-bond donors (Lipinski definition) is 2. The summed E-state index contributed by atoms with van der Waals surface area (Å²) in [5.74, 6) is -0.647. The number of amides is 1. The number of fused-ring (bicyclic) bond motifs is 1. The van der Waals surface area contributed by atoms with Crippen molar-refractivity contribution in [1.82, 2.24) is 9.88 Å². The van der Waals surface area contributed by atoms with E-state index in [1.165, 1.54) is 11.3 Å². The molecule has 0 bridgehead atoms. The molecule has 2 aliphatic heterocycles. The van der Waals surface area contributed by atoms with Crippen molar-refractivity contribution in [3.05, 3.63) is 64.7 Å². The lowest BCUT2D eigenvalue weighted by atomic mass is 9.98. The van der Waals surface area contributed by atoms with E-state index in [1.807, 2.05) is 36.4 Å². The van der Waals surface area contributed by atoms with E-state index in [4.69, 9.17) is 0 Å². The molecule has 9 heteroatoms. The molecule has 1 atom stereocenters. The van der Waals surface area contributed by atoms with Crippen molar-refractivity contribution >= 4 is 43.9 Å². The molecule has 3 heterocycles. The minimum absolute atomic E-state index is 0.0796. The van der Waals surface area contributed by atoms with E-state index in [1.54, 1.807) is 16.5 Å². The van der Waals surface area contributed by atoms with Crippen LogP contribution in [0, 0.1) is 0 Å². The minimum atomic E-state index is -2.75. The molecule has 0 saturated heterocycles. The van der Waals surface area contributed by atoms with E-state index in [0.29, 0.717) is 37.4 Å². The van der Waals surface area contributed by atoms with Gasteiger partial charge in [-0.05, 0) is 28.8 Å². The number of thiol groups is 1. The predicted octanol–water partition coefficient (Wildman–Crippen LogP) is 2.00. The smallest absolute Gasteiger partial charge is 0.233 e. The van der Waals surface area contributed by atoms with Crippen LogP contribution in [0.15, 0.2) is 64.0 Å². The normalized spacial score (nSPS) is 17.1. The van der Waals surface area contributed by atoms with E-state index in [-0.39, 0.29) is 17.4 Å². The van der Waals surface area contributed by atoms with Crippen LogP contribution in [-0.2, 0) is 15.5 Å². The van der Waals surface area contributed by atoms with Gasteiger partial charge in [0.15, 0.2) is 10.7 Å². The first kappa shape index (κ1) is 20.2. The van der Waals surface area contributed by atoms with Gasteiger partial charge in [0.05, 0.1) is 38.8 Å². The van der Waals surface area contributed by atoms with Crippen LogP contribution < -0.4 is 4.90 Å². The molecule has 0 radical (unpaired) electrons. The highest BCUT2D eigenvalue weighted by molar-refractivity contribution is 7.72. The molecule has 31 heavy (non-hydrogen) atoms. The summed E-state index contributed by atoms with van der Waals surface area (Å²) in [6.07, 6.45) is 0. The molecule has 1 N–H and O–H groups in total. The fourth-order valence-corrected chi connectivity index (χ4v) is 5.73. The average molecular weight is 456 g/mol. The topological polar surface area (TPSA) is 90.8 Å². The number of aliphatic hydroxyl groups is 1. The van der Waals surface area contributed by atoms with Crippen LogP contribution in [0.4, 0.5) is 5.69 Å². The van der Waals surface area contributed by atoms with Crippen LogP contribution in [0.3, 0.4) is 0 Å². The van der Waals surface area contributed by atoms with E-state index in [2.05, 4.69) is 9.88 Å². The fraction of sp³-hybridized carbons (Fsp3) is 0.273.